The van der Waals surface area contributed by atoms with Gasteiger partial charge in [-0.15, -0.1) is 0 Å². The summed E-state index contributed by atoms with van der Waals surface area (Å²) in [6, 6.07) is 3.57. The number of aryl methyl sites for hydroxylation is 1. The predicted octanol–water partition coefficient (Wildman–Crippen LogP) is 3.71. The van der Waals surface area contributed by atoms with E-state index in [1.807, 2.05) is 26.8 Å². The van der Waals surface area contributed by atoms with Gasteiger partial charge >= 0.3 is 10.1 Å². The van der Waals surface area contributed by atoms with Crippen LogP contribution in [-0.2, 0) is 19.7 Å². The number of carbonyl (C=O) groups excluding carboxylic acids is 2. The van der Waals surface area contributed by atoms with Crippen molar-refractivity contribution in [3.05, 3.63) is 28.8 Å². The Morgan fingerprint density at radius 2 is 1.85 bits per heavy atom. The molecule has 0 spiro atoms. The van der Waals surface area contributed by atoms with E-state index >= 15 is 0 Å². The zero-order valence-corrected chi connectivity index (χ0v) is 17.6. The van der Waals surface area contributed by atoms with Gasteiger partial charge in [-0.1, -0.05) is 39.8 Å². The molecule has 0 radical (unpaired) electrons. The highest BCUT2D eigenvalue weighted by molar-refractivity contribution is 7.88. The average molecular weight is 393 g/mol. The molecule has 2 aliphatic rings. The van der Waals surface area contributed by atoms with Gasteiger partial charge in [-0.3, -0.25) is 4.79 Å². The minimum Gasteiger partial charge on any atom is -0.381 e. The Balaban J connectivity index is 2.02. The molecule has 1 aromatic carbocycles. The van der Waals surface area contributed by atoms with Gasteiger partial charge in [-0.25, -0.2) is 0 Å². The summed E-state index contributed by atoms with van der Waals surface area (Å²) in [6.45, 7) is 11.1. The minimum atomic E-state index is -4.13. The number of Topliss-reactive ketones (excluding diaryl/α,β-unsaturated/α-hetero) is 1. The van der Waals surface area contributed by atoms with E-state index in [4.69, 9.17) is 4.18 Å². The van der Waals surface area contributed by atoms with Crippen molar-refractivity contribution >= 4 is 22.2 Å². The Labute approximate surface area is 161 Å². The van der Waals surface area contributed by atoms with Gasteiger partial charge in [0.05, 0.1) is 0 Å². The van der Waals surface area contributed by atoms with Crippen molar-refractivity contribution in [1.29, 1.82) is 0 Å². The third-order valence-electron chi connectivity index (χ3n) is 7.32. The highest BCUT2D eigenvalue weighted by Gasteiger charge is 2.70. The quantitative estimate of drug-likeness (QED) is 0.564. The summed E-state index contributed by atoms with van der Waals surface area (Å²) >= 11 is 0. The fourth-order valence-electron chi connectivity index (χ4n) is 5.04. The molecule has 1 aromatic rings. The number of hydrogen-bond donors (Lipinski definition) is 0. The first-order valence-corrected chi connectivity index (χ1v) is 10.9. The molecule has 4 unspecified atom stereocenters. The Morgan fingerprint density at radius 3 is 2.37 bits per heavy atom. The van der Waals surface area contributed by atoms with E-state index < -0.39 is 20.8 Å². The number of carbonyl (C=O) groups is 2. The van der Waals surface area contributed by atoms with Crippen molar-refractivity contribution in [2.24, 2.45) is 16.7 Å². The zero-order chi connectivity index (χ0) is 20.4. The highest BCUT2D eigenvalue weighted by atomic mass is 32.2. The van der Waals surface area contributed by atoms with E-state index in [-0.39, 0.29) is 28.8 Å². The van der Waals surface area contributed by atoms with E-state index in [9.17, 15) is 18.0 Å². The molecule has 27 heavy (non-hydrogen) atoms. The molecule has 6 heteroatoms. The number of benzene rings is 1. The topological polar surface area (TPSA) is 77.5 Å². The van der Waals surface area contributed by atoms with Crippen LogP contribution in [0.1, 0.15) is 63.1 Å². The fraction of sp³-hybridized carbons (Fsp3) is 0.619. The lowest BCUT2D eigenvalue weighted by molar-refractivity contribution is -0.128. The maximum atomic E-state index is 13.2. The lowest BCUT2D eigenvalue weighted by Crippen LogP contribution is -2.41. The van der Waals surface area contributed by atoms with Crippen LogP contribution in [0.15, 0.2) is 12.1 Å². The molecule has 2 fully saturated rings. The van der Waals surface area contributed by atoms with Gasteiger partial charge in [0.15, 0.2) is 11.0 Å². The summed E-state index contributed by atoms with van der Waals surface area (Å²) < 4.78 is 31.9. The summed E-state index contributed by atoms with van der Waals surface area (Å²) in [5, 5.41) is -1.13. The van der Waals surface area contributed by atoms with Crippen LogP contribution in [0.3, 0.4) is 0 Å². The Hall–Kier alpha value is -1.69. The minimum absolute atomic E-state index is 0.225. The van der Waals surface area contributed by atoms with Crippen molar-refractivity contribution in [3.63, 3.8) is 0 Å². The van der Waals surface area contributed by atoms with Crippen LogP contribution >= 0.6 is 0 Å². The molecule has 5 nitrogen and oxygen atoms in total. The molecule has 0 saturated heterocycles. The molecule has 2 aliphatic carbocycles. The second-order valence-corrected chi connectivity index (χ2v) is 10.6. The summed E-state index contributed by atoms with van der Waals surface area (Å²) in [5.41, 5.74) is 1.02. The maximum Gasteiger partial charge on any atom is 0.319 e. The van der Waals surface area contributed by atoms with Crippen molar-refractivity contribution < 1.29 is 22.2 Å². The van der Waals surface area contributed by atoms with Crippen LogP contribution in [-0.4, -0.2) is 25.7 Å². The first-order chi connectivity index (χ1) is 12.4. The van der Waals surface area contributed by atoms with Crippen molar-refractivity contribution in [2.45, 2.75) is 65.6 Å². The van der Waals surface area contributed by atoms with Crippen molar-refractivity contribution in [2.75, 3.05) is 0 Å². The average Bonchev–Trinajstić information content (AvgIpc) is 2.90. The molecule has 4 atom stereocenters. The number of hydrogen-bond acceptors (Lipinski definition) is 5. The highest BCUT2D eigenvalue weighted by Crippen LogP contribution is 2.65. The van der Waals surface area contributed by atoms with Crippen molar-refractivity contribution in [3.8, 4) is 5.75 Å². The molecule has 0 aliphatic heterocycles. The first-order valence-electron chi connectivity index (χ1n) is 9.41. The largest absolute Gasteiger partial charge is 0.381 e. The zero-order valence-electron chi connectivity index (χ0n) is 16.8. The fourth-order valence-corrected chi connectivity index (χ4v) is 7.03. The standard InChI is InChI=1S/C21H28O5S/c1-12-7-8-15(13(2)11-22)14(3)17(12)26-27(24,25)18-16-9-10-21(6,19(18)23)20(16,4)5/h7-8,11,13,16,18H,9-10H2,1-6H3. The Morgan fingerprint density at radius 1 is 1.22 bits per heavy atom. The van der Waals surface area contributed by atoms with E-state index in [0.29, 0.717) is 17.5 Å². The van der Waals surface area contributed by atoms with E-state index in [2.05, 4.69) is 0 Å². The third kappa shape index (κ3) is 2.67. The van der Waals surface area contributed by atoms with Crippen LogP contribution in [0.5, 0.6) is 5.75 Å². The molecule has 2 saturated carbocycles. The van der Waals surface area contributed by atoms with Crippen LogP contribution in [0, 0.1) is 30.6 Å². The smallest absolute Gasteiger partial charge is 0.319 e. The molecule has 3 rings (SSSR count). The summed E-state index contributed by atoms with van der Waals surface area (Å²) in [5.74, 6) is -0.591. The molecule has 148 valence electrons. The van der Waals surface area contributed by atoms with E-state index in [1.54, 1.807) is 26.8 Å². The monoisotopic (exact) mass is 392 g/mol. The summed E-state index contributed by atoms with van der Waals surface area (Å²) in [4.78, 5) is 24.2. The normalized spacial score (nSPS) is 30.4. The Bertz CT molecular complexity index is 915. The number of fused-ring (bicyclic) bond motifs is 2. The molecule has 0 aromatic heterocycles. The van der Waals surface area contributed by atoms with Gasteiger partial charge in [-0.2, -0.15) is 8.42 Å². The SMILES string of the molecule is Cc1ccc(C(C)C=O)c(C)c1OS(=O)(=O)C1C(=O)C2(C)CCC1C2(C)C. The third-order valence-corrected chi connectivity index (χ3v) is 8.89. The number of aldehydes is 1. The van der Waals surface area contributed by atoms with Gasteiger partial charge in [0.1, 0.15) is 12.0 Å². The van der Waals surface area contributed by atoms with E-state index in [1.165, 1.54) is 0 Å². The molecule has 0 N–H and O–H groups in total. The lowest BCUT2D eigenvalue weighted by Gasteiger charge is -2.32. The molecule has 0 amide bonds. The van der Waals surface area contributed by atoms with Crippen LogP contribution < -0.4 is 4.18 Å². The van der Waals surface area contributed by atoms with Gasteiger partial charge in [0.25, 0.3) is 0 Å². The van der Waals surface area contributed by atoms with Crippen LogP contribution in [0.25, 0.3) is 0 Å². The second-order valence-electron chi connectivity index (χ2n) is 8.91. The van der Waals surface area contributed by atoms with Crippen LogP contribution in [0.4, 0.5) is 0 Å². The summed E-state index contributed by atoms with van der Waals surface area (Å²) in [7, 11) is -4.13. The molecular formula is C21H28O5S. The number of ketones is 1. The van der Waals surface area contributed by atoms with Gasteiger partial charge in [0, 0.05) is 11.3 Å². The van der Waals surface area contributed by atoms with Crippen LogP contribution in [0.2, 0.25) is 0 Å². The van der Waals surface area contributed by atoms with Gasteiger partial charge in [-0.05, 0) is 54.7 Å². The predicted molar refractivity (Wildman–Crippen MR) is 103 cm³/mol. The Kier molecular flexibility index (Phi) is 4.57. The van der Waals surface area contributed by atoms with Crippen molar-refractivity contribution in [1.82, 2.24) is 0 Å². The first kappa shape index (κ1) is 20.1. The second kappa shape index (κ2) is 6.16. The summed E-state index contributed by atoms with van der Waals surface area (Å²) in [6.07, 6.45) is 2.25. The van der Waals surface area contributed by atoms with Gasteiger partial charge in [0.2, 0.25) is 0 Å². The molecular weight excluding hydrogens is 364 g/mol. The lowest BCUT2D eigenvalue weighted by atomic mass is 9.70. The maximum absolute atomic E-state index is 13.2. The van der Waals surface area contributed by atoms with E-state index in [0.717, 1.165) is 18.3 Å². The van der Waals surface area contributed by atoms with Gasteiger partial charge < -0.3 is 8.98 Å². The molecule has 2 bridgehead atoms. The number of rotatable bonds is 5. The molecule has 0 heterocycles.